The van der Waals surface area contributed by atoms with Crippen molar-refractivity contribution in [1.82, 2.24) is 34.1 Å². The first-order valence-electron chi connectivity index (χ1n) is 15.4. The summed E-state index contributed by atoms with van der Waals surface area (Å²) < 4.78 is 75.5. The van der Waals surface area contributed by atoms with Crippen LogP contribution in [0.3, 0.4) is 0 Å². The lowest BCUT2D eigenvalue weighted by Gasteiger charge is -2.26. The summed E-state index contributed by atoms with van der Waals surface area (Å²) in [5.74, 6) is 0.205. The third kappa shape index (κ3) is 7.99. The van der Waals surface area contributed by atoms with Gasteiger partial charge < -0.3 is 54.8 Å². The number of nitrogen functional groups attached to an aromatic ring is 1. The molecule has 298 valence electrons. The molecule has 4 aromatic heterocycles. The van der Waals surface area contributed by atoms with Gasteiger partial charge in [0, 0.05) is 21.2 Å². The standard InChI is InChI=1S/C24H35N10O17P3/c1-31(2)24-29-20-13(21(38)30-24)32(3)9-34(20)22-16(37)14(35)10(48-22)5-46-52(39,40)50-54(43,44)51-53(41,42)47-6-11-15(36)17(45-4)23(49-11)33-8-28-12-18(25)26-7-27-19(12)33/h7-11,14-17,22-23,35-37H,5-6H2,1-4H3,(H5-,25,26,27,29,30,38,39,40,41,42,43,44)/t10-,11-,14-,15-,16-,17-,22-,23-/m1/s1. The van der Waals surface area contributed by atoms with Crippen molar-refractivity contribution in [3.63, 3.8) is 0 Å². The quantitative estimate of drug-likeness (QED) is 0.0482. The van der Waals surface area contributed by atoms with Crippen LogP contribution in [-0.2, 0) is 52.6 Å². The minimum Gasteiger partial charge on any atom is -0.756 e. The Bertz CT molecular complexity index is 2240. The molecule has 30 heteroatoms. The number of phosphoric ester groups is 2. The van der Waals surface area contributed by atoms with E-state index in [1.165, 1.54) is 45.4 Å². The summed E-state index contributed by atoms with van der Waals surface area (Å²) >= 11 is 0. The number of nitrogens with one attached hydrogen (secondary N) is 1. The van der Waals surface area contributed by atoms with Gasteiger partial charge in [-0.15, -0.1) is 0 Å². The Morgan fingerprint density at radius 2 is 1.65 bits per heavy atom. The fourth-order valence-electron chi connectivity index (χ4n) is 5.78. The molecule has 27 nitrogen and oxygen atoms in total. The molecule has 0 bridgehead atoms. The number of rotatable bonds is 14. The highest BCUT2D eigenvalue weighted by molar-refractivity contribution is 7.66. The van der Waals surface area contributed by atoms with Gasteiger partial charge in [-0.3, -0.25) is 32.5 Å². The van der Waals surface area contributed by atoms with Crippen molar-refractivity contribution >= 4 is 57.6 Å². The number of H-pyrrole nitrogens is 1. The Labute approximate surface area is 302 Å². The second kappa shape index (κ2) is 15.0. The molecule has 4 aromatic rings. The van der Waals surface area contributed by atoms with Crippen molar-refractivity contribution in [2.24, 2.45) is 7.05 Å². The largest absolute Gasteiger partial charge is 0.756 e. The van der Waals surface area contributed by atoms with E-state index >= 15 is 0 Å². The number of fused-ring (bicyclic) bond motifs is 2. The Balaban J connectivity index is 1.06. The van der Waals surface area contributed by atoms with Crippen molar-refractivity contribution in [2.75, 3.05) is 45.1 Å². The van der Waals surface area contributed by atoms with Crippen molar-refractivity contribution in [3.8, 4) is 0 Å². The van der Waals surface area contributed by atoms with Crippen LogP contribution in [0.5, 0.6) is 0 Å². The van der Waals surface area contributed by atoms with Crippen LogP contribution in [0.1, 0.15) is 12.5 Å². The Morgan fingerprint density at radius 1 is 1.02 bits per heavy atom. The van der Waals surface area contributed by atoms with Crippen LogP contribution in [0.2, 0.25) is 0 Å². The predicted molar refractivity (Wildman–Crippen MR) is 174 cm³/mol. The van der Waals surface area contributed by atoms with Crippen molar-refractivity contribution in [2.45, 2.75) is 49.1 Å². The summed E-state index contributed by atoms with van der Waals surface area (Å²) in [5, 5.41) is 32.1. The van der Waals surface area contributed by atoms with E-state index in [4.69, 9.17) is 19.9 Å². The van der Waals surface area contributed by atoms with E-state index in [1.807, 2.05) is 0 Å². The highest BCUT2D eigenvalue weighted by Gasteiger charge is 2.49. The van der Waals surface area contributed by atoms with Gasteiger partial charge in [0.2, 0.25) is 11.7 Å². The molecule has 0 radical (unpaired) electrons. The van der Waals surface area contributed by atoms with Crippen LogP contribution in [0.25, 0.3) is 22.3 Å². The van der Waals surface area contributed by atoms with Gasteiger partial charge in [0.25, 0.3) is 19.3 Å². The lowest BCUT2D eigenvalue weighted by atomic mass is 10.1. The van der Waals surface area contributed by atoms with Gasteiger partial charge in [0.15, 0.2) is 24.0 Å². The number of anilines is 2. The lowest BCUT2D eigenvalue weighted by molar-refractivity contribution is -0.745. The smallest absolute Gasteiger partial charge is 0.478 e. The molecule has 0 aromatic carbocycles. The second-order valence-corrected chi connectivity index (χ2v) is 16.7. The maximum absolute atomic E-state index is 12.7. The van der Waals surface area contributed by atoms with E-state index in [9.17, 15) is 48.5 Å². The molecule has 0 saturated carbocycles. The van der Waals surface area contributed by atoms with E-state index in [1.54, 1.807) is 14.1 Å². The number of phosphoric acid groups is 3. The number of ether oxygens (including phenoxy) is 3. The maximum atomic E-state index is 12.7. The van der Waals surface area contributed by atoms with Crippen LogP contribution in [-0.4, -0.2) is 130 Å². The summed E-state index contributed by atoms with van der Waals surface area (Å²) in [4.78, 5) is 65.7. The molecule has 2 saturated heterocycles. The van der Waals surface area contributed by atoms with Gasteiger partial charge in [-0.05, 0) is 0 Å². The van der Waals surface area contributed by atoms with Gasteiger partial charge in [0.1, 0.15) is 48.5 Å². The van der Waals surface area contributed by atoms with Gasteiger partial charge in [-0.1, -0.05) is 4.98 Å². The zero-order valence-electron chi connectivity index (χ0n) is 28.4. The highest BCUT2D eigenvalue weighted by Crippen LogP contribution is 2.65. The second-order valence-electron chi connectivity index (χ2n) is 12.1. The first kappa shape index (κ1) is 40.3. The minimum atomic E-state index is -6.20. The number of hydrogen-bond donors (Lipinski definition) is 7. The number of methoxy groups -OCH3 is 1. The molecular formula is C24H35N10O17P3. The highest BCUT2D eigenvalue weighted by atomic mass is 31.3. The van der Waals surface area contributed by atoms with Gasteiger partial charge in [-0.2, -0.15) is 0 Å². The van der Waals surface area contributed by atoms with Gasteiger partial charge in [0.05, 0.1) is 26.6 Å². The number of aromatic nitrogens is 8. The molecule has 0 aliphatic carbocycles. The monoisotopic (exact) mass is 828 g/mol. The minimum absolute atomic E-state index is 0.0406. The maximum Gasteiger partial charge on any atom is 0.478 e. The van der Waals surface area contributed by atoms with Crippen LogP contribution in [0.4, 0.5) is 11.8 Å². The van der Waals surface area contributed by atoms with E-state index in [0.29, 0.717) is 0 Å². The molecule has 6 rings (SSSR count). The van der Waals surface area contributed by atoms with Gasteiger partial charge in [-0.25, -0.2) is 37.3 Å². The van der Waals surface area contributed by atoms with E-state index in [0.717, 1.165) is 6.33 Å². The first-order chi connectivity index (χ1) is 25.2. The number of imidazole rings is 2. The molecule has 0 spiro atoms. The molecule has 54 heavy (non-hydrogen) atoms. The fraction of sp³-hybridized carbons (Fsp3) is 0.583. The third-order valence-corrected chi connectivity index (χ3v) is 12.5. The Kier molecular flexibility index (Phi) is 11.2. The summed E-state index contributed by atoms with van der Waals surface area (Å²) in [6.45, 7) is -2.04. The lowest BCUT2D eigenvalue weighted by Crippen LogP contribution is -2.46. The Morgan fingerprint density at radius 3 is 2.26 bits per heavy atom. The summed E-state index contributed by atoms with van der Waals surface area (Å²) in [6, 6.07) is 0. The average Bonchev–Trinajstić information content (AvgIpc) is 3.81. The summed E-state index contributed by atoms with van der Waals surface area (Å²) in [5.41, 5.74) is 5.80. The first-order valence-corrected chi connectivity index (χ1v) is 19.8. The normalized spacial score (nSPS) is 29.4. The fourth-order valence-corrected chi connectivity index (χ4v) is 9.23. The molecule has 11 atom stereocenters. The topological polar surface area (TPSA) is 367 Å². The molecular weight excluding hydrogens is 793 g/mol. The van der Waals surface area contributed by atoms with Crippen molar-refractivity contribution in [3.05, 3.63) is 29.3 Å². The number of aliphatic hydroxyl groups is 3. The Hall–Kier alpha value is -3.33. The molecule has 2 aliphatic heterocycles. The average molecular weight is 829 g/mol. The zero-order valence-corrected chi connectivity index (χ0v) is 31.1. The number of aryl methyl sites for hydroxylation is 1. The van der Waals surface area contributed by atoms with Crippen LogP contribution >= 0.6 is 23.5 Å². The van der Waals surface area contributed by atoms with E-state index in [-0.39, 0.29) is 34.1 Å². The molecule has 6 heterocycles. The number of aliphatic hydroxyl groups excluding tert-OH is 3. The van der Waals surface area contributed by atoms with Crippen LogP contribution in [0, 0.1) is 0 Å². The van der Waals surface area contributed by atoms with Gasteiger partial charge >= 0.3 is 21.3 Å². The molecule has 2 fully saturated rings. The molecule has 3 unspecified atom stereocenters. The third-order valence-electron chi connectivity index (χ3n) is 8.25. The zero-order chi connectivity index (χ0) is 39.5. The van der Waals surface area contributed by atoms with Crippen molar-refractivity contribution in [1.29, 1.82) is 0 Å². The number of nitrogens with two attached hydrogens (primary N) is 1. The van der Waals surface area contributed by atoms with Crippen LogP contribution < -0.4 is 25.7 Å². The summed E-state index contributed by atoms with van der Waals surface area (Å²) in [7, 11) is -11.6. The number of aromatic amines is 1. The molecule has 8 N–H and O–H groups in total. The predicted octanol–water partition coefficient (Wildman–Crippen LogP) is -3.33. The number of nitrogens with zero attached hydrogens (tertiary/aromatic N) is 8. The van der Waals surface area contributed by atoms with Crippen molar-refractivity contribution < 1.29 is 80.1 Å². The molecule has 2 aliphatic rings. The van der Waals surface area contributed by atoms with Crippen LogP contribution in [0.15, 0.2) is 23.8 Å². The van der Waals surface area contributed by atoms with E-state index < -0.39 is 91.3 Å². The number of hydrogen-bond acceptors (Lipinski definition) is 21. The summed E-state index contributed by atoms with van der Waals surface area (Å²) in [6.07, 6.45) is -7.97. The molecule has 0 amide bonds. The van der Waals surface area contributed by atoms with E-state index in [2.05, 4.69) is 42.6 Å². The SMILES string of the molecule is CO[C@@H]1[C@H](O)[C@@H](COP(=O)(O)OP(=O)([O-])OP(=O)(O)OC[C@H]2O[C@@H]([n+]3cn(C)c4c(=O)[nH]c(N(C)C)nc43)[C@H](O)[C@@H]2O)O[C@H]1n1cnc2c(N)ncnc21.